The fourth-order valence-corrected chi connectivity index (χ4v) is 5.98. The van der Waals surface area contributed by atoms with Gasteiger partial charge in [0, 0.05) is 17.6 Å². The first-order chi connectivity index (χ1) is 16.0. The van der Waals surface area contributed by atoms with Crippen molar-refractivity contribution in [2.75, 3.05) is 0 Å². The molecule has 2 amide bonds. The number of amides is 2. The first-order valence-electron chi connectivity index (χ1n) is 12.8. The lowest BCUT2D eigenvalue weighted by atomic mass is 9.90. The van der Waals surface area contributed by atoms with Crippen molar-refractivity contribution in [3.05, 3.63) is 41.6 Å². The van der Waals surface area contributed by atoms with E-state index in [4.69, 9.17) is 5.10 Å². The lowest BCUT2D eigenvalue weighted by Gasteiger charge is -2.47. The molecule has 1 aliphatic heterocycles. The van der Waals surface area contributed by atoms with Crippen molar-refractivity contribution >= 4 is 11.8 Å². The molecular weight excluding hydrogens is 412 g/mol. The van der Waals surface area contributed by atoms with Gasteiger partial charge in [-0.1, -0.05) is 63.3 Å². The van der Waals surface area contributed by atoms with Crippen LogP contribution in [0.4, 0.5) is 0 Å². The van der Waals surface area contributed by atoms with Crippen LogP contribution >= 0.6 is 0 Å². The third-order valence-corrected chi connectivity index (χ3v) is 7.98. The summed E-state index contributed by atoms with van der Waals surface area (Å²) in [6, 6.07) is 10.6. The highest BCUT2D eigenvalue weighted by molar-refractivity contribution is 6.00. The van der Waals surface area contributed by atoms with Crippen molar-refractivity contribution in [2.24, 2.45) is 0 Å². The number of hydrogen-bond acceptors (Lipinski definition) is 3. The SMILES string of the molecule is CCc1ccc(-c2cc3n(n2)C[C@@](C)(C(=O)NC2CCCCC2)N(C2CCCC2)C3=O)cc1. The standard InChI is InChI=1S/C27H36N4O2/c1-3-19-13-15-20(16-14-19)23-17-24-25(32)31(22-11-7-8-12-22)27(2,18-30(24)29-23)26(33)28-21-9-5-4-6-10-21/h13-17,21-22H,3-12,18H2,1-2H3,(H,28,33)/t27-/m0/s1. The van der Waals surface area contributed by atoms with Gasteiger partial charge in [-0.15, -0.1) is 0 Å². The number of rotatable bonds is 5. The lowest BCUT2D eigenvalue weighted by Crippen LogP contribution is -2.67. The Hall–Kier alpha value is -2.63. The Labute approximate surface area is 196 Å². The summed E-state index contributed by atoms with van der Waals surface area (Å²) in [6.07, 6.45) is 10.8. The molecule has 0 radical (unpaired) electrons. The van der Waals surface area contributed by atoms with E-state index in [2.05, 4.69) is 36.5 Å². The molecule has 6 nitrogen and oxygen atoms in total. The zero-order chi connectivity index (χ0) is 23.0. The third-order valence-electron chi connectivity index (χ3n) is 7.98. The minimum absolute atomic E-state index is 0.0235. The summed E-state index contributed by atoms with van der Waals surface area (Å²) in [5, 5.41) is 8.11. The summed E-state index contributed by atoms with van der Waals surface area (Å²) >= 11 is 0. The molecule has 176 valence electrons. The van der Waals surface area contributed by atoms with Crippen molar-refractivity contribution in [1.82, 2.24) is 20.0 Å². The Morgan fingerprint density at radius 2 is 1.73 bits per heavy atom. The number of nitrogens with one attached hydrogen (secondary N) is 1. The van der Waals surface area contributed by atoms with Crippen LogP contribution in [0.3, 0.4) is 0 Å². The highest BCUT2D eigenvalue weighted by Crippen LogP contribution is 2.36. The van der Waals surface area contributed by atoms with Crippen LogP contribution in [0.1, 0.15) is 87.7 Å². The van der Waals surface area contributed by atoms with Gasteiger partial charge in [0.05, 0.1) is 12.2 Å². The molecule has 1 N–H and O–H groups in total. The van der Waals surface area contributed by atoms with E-state index in [-0.39, 0.29) is 23.9 Å². The topological polar surface area (TPSA) is 67.2 Å². The van der Waals surface area contributed by atoms with Crippen LogP contribution in [0.15, 0.2) is 30.3 Å². The molecule has 0 unspecified atom stereocenters. The third kappa shape index (κ3) is 4.09. The fourth-order valence-electron chi connectivity index (χ4n) is 5.98. The van der Waals surface area contributed by atoms with Crippen LogP contribution in [0.25, 0.3) is 11.3 Å². The molecule has 1 aromatic heterocycles. The molecule has 0 spiro atoms. The van der Waals surface area contributed by atoms with E-state index in [1.165, 1.54) is 12.0 Å². The zero-order valence-electron chi connectivity index (χ0n) is 20.0. The van der Waals surface area contributed by atoms with Gasteiger partial charge >= 0.3 is 0 Å². The van der Waals surface area contributed by atoms with Gasteiger partial charge in [0.2, 0.25) is 5.91 Å². The second-order valence-corrected chi connectivity index (χ2v) is 10.3. The van der Waals surface area contributed by atoms with E-state index in [0.29, 0.717) is 12.2 Å². The second kappa shape index (κ2) is 8.96. The van der Waals surface area contributed by atoms with Gasteiger partial charge < -0.3 is 10.2 Å². The number of carbonyl (C=O) groups is 2. The molecule has 2 aliphatic carbocycles. The Morgan fingerprint density at radius 3 is 2.39 bits per heavy atom. The Kier molecular flexibility index (Phi) is 6.02. The van der Waals surface area contributed by atoms with Gasteiger partial charge in [0.1, 0.15) is 11.2 Å². The van der Waals surface area contributed by atoms with E-state index in [1.807, 2.05) is 17.9 Å². The molecule has 2 heterocycles. The first kappa shape index (κ1) is 22.2. The number of hydrogen-bond donors (Lipinski definition) is 1. The zero-order valence-corrected chi connectivity index (χ0v) is 20.0. The summed E-state index contributed by atoms with van der Waals surface area (Å²) in [6.45, 7) is 4.48. The minimum Gasteiger partial charge on any atom is -0.351 e. The number of aromatic nitrogens is 2. The van der Waals surface area contributed by atoms with Crippen LogP contribution in [-0.2, 0) is 17.8 Å². The van der Waals surface area contributed by atoms with Crippen molar-refractivity contribution in [3.8, 4) is 11.3 Å². The average molecular weight is 449 g/mol. The van der Waals surface area contributed by atoms with Crippen LogP contribution in [-0.4, -0.2) is 44.1 Å². The van der Waals surface area contributed by atoms with Gasteiger partial charge in [-0.05, 0) is 50.7 Å². The molecule has 0 bridgehead atoms. The molecule has 2 fully saturated rings. The molecule has 6 heteroatoms. The van der Waals surface area contributed by atoms with E-state index in [9.17, 15) is 9.59 Å². The Balaban J connectivity index is 1.48. The Bertz CT molecular complexity index is 1020. The van der Waals surface area contributed by atoms with Crippen molar-refractivity contribution in [1.29, 1.82) is 0 Å². The molecular formula is C27H36N4O2. The number of aryl methyl sites for hydroxylation is 1. The smallest absolute Gasteiger partial charge is 0.273 e. The van der Waals surface area contributed by atoms with Crippen LogP contribution in [0.2, 0.25) is 0 Å². The second-order valence-electron chi connectivity index (χ2n) is 10.3. The van der Waals surface area contributed by atoms with Gasteiger partial charge in [-0.3, -0.25) is 14.3 Å². The normalized spacial score (nSPS) is 24.2. The predicted molar refractivity (Wildman–Crippen MR) is 129 cm³/mol. The number of fused-ring (bicyclic) bond motifs is 1. The predicted octanol–water partition coefficient (Wildman–Crippen LogP) is 4.72. The molecule has 5 rings (SSSR count). The summed E-state index contributed by atoms with van der Waals surface area (Å²) in [5.74, 6) is -0.0805. The van der Waals surface area contributed by atoms with Crippen molar-refractivity contribution in [2.45, 2.75) is 102 Å². The molecule has 1 aromatic carbocycles. The van der Waals surface area contributed by atoms with E-state index < -0.39 is 5.54 Å². The van der Waals surface area contributed by atoms with E-state index >= 15 is 0 Å². The molecule has 33 heavy (non-hydrogen) atoms. The summed E-state index contributed by atoms with van der Waals surface area (Å²) < 4.78 is 1.78. The van der Waals surface area contributed by atoms with Crippen molar-refractivity contribution in [3.63, 3.8) is 0 Å². The number of carbonyl (C=O) groups excluding carboxylic acids is 2. The minimum atomic E-state index is -0.925. The maximum atomic E-state index is 13.8. The Morgan fingerprint density at radius 1 is 1.06 bits per heavy atom. The van der Waals surface area contributed by atoms with Crippen LogP contribution in [0, 0.1) is 0 Å². The lowest BCUT2D eigenvalue weighted by molar-refractivity contribution is -0.135. The van der Waals surface area contributed by atoms with Gasteiger partial charge in [-0.2, -0.15) is 5.10 Å². The average Bonchev–Trinajstić information content (AvgIpc) is 3.50. The quantitative estimate of drug-likeness (QED) is 0.720. The molecule has 1 atom stereocenters. The number of benzene rings is 1. The molecule has 0 saturated heterocycles. The summed E-state index contributed by atoms with van der Waals surface area (Å²) in [5.41, 5.74) is 2.75. The maximum Gasteiger partial charge on any atom is 0.273 e. The van der Waals surface area contributed by atoms with Crippen LogP contribution in [0.5, 0.6) is 0 Å². The molecule has 3 aliphatic rings. The largest absolute Gasteiger partial charge is 0.351 e. The maximum absolute atomic E-state index is 13.8. The molecule has 2 aromatic rings. The van der Waals surface area contributed by atoms with Crippen LogP contribution < -0.4 is 5.32 Å². The van der Waals surface area contributed by atoms with E-state index in [1.54, 1.807) is 4.68 Å². The summed E-state index contributed by atoms with van der Waals surface area (Å²) in [4.78, 5) is 29.5. The summed E-state index contributed by atoms with van der Waals surface area (Å²) in [7, 11) is 0. The van der Waals surface area contributed by atoms with Gasteiger partial charge in [-0.25, -0.2) is 0 Å². The highest BCUT2D eigenvalue weighted by Gasteiger charge is 2.51. The number of nitrogens with zero attached hydrogens (tertiary/aromatic N) is 3. The monoisotopic (exact) mass is 448 g/mol. The van der Waals surface area contributed by atoms with E-state index in [0.717, 1.165) is 69.0 Å². The first-order valence-corrected chi connectivity index (χ1v) is 12.8. The van der Waals surface area contributed by atoms with Gasteiger partial charge in [0.25, 0.3) is 5.91 Å². The fraction of sp³-hybridized carbons (Fsp3) is 0.593. The molecule has 2 saturated carbocycles. The van der Waals surface area contributed by atoms with Crippen molar-refractivity contribution < 1.29 is 9.59 Å². The highest BCUT2D eigenvalue weighted by atomic mass is 16.2. The van der Waals surface area contributed by atoms with Gasteiger partial charge in [0.15, 0.2) is 0 Å².